The standard InChI is InChI=1S/C25H28N4O3/c1-17-7-5-10-21(23(17)28-24(30)18-11-13-26-14-12-18)25(31)27-16-22(29(2)3)19-8-6-9-20(15-19)32-4/h5-15,22H,16H2,1-4H3,(H,27,31)(H,28,30). The monoisotopic (exact) mass is 432 g/mol. The number of methoxy groups -OCH3 is 1. The third kappa shape index (κ3) is 5.50. The summed E-state index contributed by atoms with van der Waals surface area (Å²) in [4.78, 5) is 31.7. The molecule has 7 heteroatoms. The highest BCUT2D eigenvalue weighted by molar-refractivity contribution is 6.09. The lowest BCUT2D eigenvalue weighted by Crippen LogP contribution is -2.35. The number of amides is 2. The van der Waals surface area contributed by atoms with Crippen molar-refractivity contribution in [3.05, 3.63) is 89.2 Å². The molecule has 3 aromatic rings. The van der Waals surface area contributed by atoms with Gasteiger partial charge >= 0.3 is 0 Å². The minimum atomic E-state index is -0.293. The molecule has 0 saturated heterocycles. The molecule has 0 aliphatic heterocycles. The maximum absolute atomic E-state index is 13.1. The van der Waals surface area contributed by atoms with Crippen LogP contribution in [-0.4, -0.2) is 49.4 Å². The summed E-state index contributed by atoms with van der Waals surface area (Å²) >= 11 is 0. The fraction of sp³-hybridized carbons (Fsp3) is 0.240. The van der Waals surface area contributed by atoms with E-state index < -0.39 is 0 Å². The van der Waals surface area contributed by atoms with Crippen LogP contribution in [0.15, 0.2) is 67.0 Å². The first-order valence-electron chi connectivity index (χ1n) is 10.3. The number of nitrogens with zero attached hydrogens (tertiary/aromatic N) is 2. The molecule has 0 aliphatic carbocycles. The molecule has 3 rings (SSSR count). The van der Waals surface area contributed by atoms with E-state index in [-0.39, 0.29) is 17.9 Å². The smallest absolute Gasteiger partial charge is 0.255 e. The third-order valence-corrected chi connectivity index (χ3v) is 5.26. The molecular formula is C25H28N4O3. The Bertz CT molecular complexity index is 1080. The van der Waals surface area contributed by atoms with Gasteiger partial charge in [0.15, 0.2) is 0 Å². The van der Waals surface area contributed by atoms with Crippen molar-refractivity contribution >= 4 is 17.5 Å². The maximum Gasteiger partial charge on any atom is 0.255 e. The zero-order valence-electron chi connectivity index (χ0n) is 18.8. The van der Waals surface area contributed by atoms with Crippen molar-refractivity contribution in [3.8, 4) is 5.75 Å². The van der Waals surface area contributed by atoms with E-state index >= 15 is 0 Å². The van der Waals surface area contributed by atoms with Crippen LogP contribution in [0.25, 0.3) is 0 Å². The lowest BCUT2D eigenvalue weighted by molar-refractivity contribution is 0.0942. The number of carbonyl (C=O) groups is 2. The van der Waals surface area contributed by atoms with E-state index in [0.717, 1.165) is 16.9 Å². The van der Waals surface area contributed by atoms with Crippen LogP contribution in [0.5, 0.6) is 5.75 Å². The minimum Gasteiger partial charge on any atom is -0.497 e. The van der Waals surface area contributed by atoms with Crippen LogP contribution in [0.2, 0.25) is 0 Å². The number of aromatic nitrogens is 1. The lowest BCUT2D eigenvalue weighted by Gasteiger charge is -2.25. The highest BCUT2D eigenvalue weighted by Gasteiger charge is 2.20. The number of pyridine rings is 1. The molecule has 0 spiro atoms. The summed E-state index contributed by atoms with van der Waals surface area (Å²) in [5, 5.41) is 5.89. The molecule has 1 heterocycles. The van der Waals surface area contributed by atoms with Gasteiger partial charge in [-0.1, -0.05) is 24.3 Å². The van der Waals surface area contributed by atoms with E-state index in [9.17, 15) is 9.59 Å². The maximum atomic E-state index is 13.1. The average molecular weight is 433 g/mol. The zero-order chi connectivity index (χ0) is 23.1. The van der Waals surface area contributed by atoms with Gasteiger partial charge in [0.1, 0.15) is 5.75 Å². The minimum absolute atomic E-state index is 0.0475. The summed E-state index contributed by atoms with van der Waals surface area (Å²) in [6.45, 7) is 2.25. The largest absolute Gasteiger partial charge is 0.497 e. The summed E-state index contributed by atoms with van der Waals surface area (Å²) in [6.07, 6.45) is 3.11. The number of carbonyl (C=O) groups excluding carboxylic acids is 2. The van der Waals surface area contributed by atoms with Gasteiger partial charge in [-0.2, -0.15) is 0 Å². The number of anilines is 1. The van der Waals surface area contributed by atoms with E-state index in [4.69, 9.17) is 4.74 Å². The number of benzene rings is 2. The fourth-order valence-corrected chi connectivity index (χ4v) is 3.44. The van der Waals surface area contributed by atoms with Crippen molar-refractivity contribution in [1.29, 1.82) is 0 Å². The van der Waals surface area contributed by atoms with Crippen molar-refractivity contribution in [3.63, 3.8) is 0 Å². The topological polar surface area (TPSA) is 83.6 Å². The van der Waals surface area contributed by atoms with Crippen LogP contribution < -0.4 is 15.4 Å². The molecule has 2 aromatic carbocycles. The molecule has 166 valence electrons. The van der Waals surface area contributed by atoms with Crippen molar-refractivity contribution in [1.82, 2.24) is 15.2 Å². The molecule has 0 fully saturated rings. The second-order valence-electron chi connectivity index (χ2n) is 7.65. The van der Waals surface area contributed by atoms with Gasteiger partial charge in [-0.3, -0.25) is 14.6 Å². The second kappa shape index (κ2) is 10.5. The predicted octanol–water partition coefficient (Wildman–Crippen LogP) is 3.68. The van der Waals surface area contributed by atoms with Gasteiger partial charge in [0.2, 0.25) is 0 Å². The first kappa shape index (κ1) is 23.0. The highest BCUT2D eigenvalue weighted by atomic mass is 16.5. The number of hydrogen-bond acceptors (Lipinski definition) is 5. The van der Waals surface area contributed by atoms with Crippen molar-refractivity contribution in [2.24, 2.45) is 0 Å². The van der Waals surface area contributed by atoms with E-state index in [1.54, 1.807) is 43.8 Å². The first-order valence-corrected chi connectivity index (χ1v) is 10.3. The van der Waals surface area contributed by atoms with Crippen LogP contribution >= 0.6 is 0 Å². The first-order chi connectivity index (χ1) is 15.4. The van der Waals surface area contributed by atoms with Gasteiger partial charge in [-0.25, -0.2) is 0 Å². The summed E-state index contributed by atoms with van der Waals surface area (Å²) < 4.78 is 5.33. The number of likely N-dealkylation sites (N-methyl/N-ethyl adjacent to an activating group) is 1. The molecule has 7 nitrogen and oxygen atoms in total. The summed E-state index contributed by atoms with van der Waals surface area (Å²) in [6, 6.07) is 16.4. The molecule has 0 aliphatic rings. The van der Waals surface area contributed by atoms with E-state index in [1.165, 1.54) is 0 Å². The van der Waals surface area contributed by atoms with Crippen LogP contribution in [0.4, 0.5) is 5.69 Å². The third-order valence-electron chi connectivity index (χ3n) is 5.26. The van der Waals surface area contributed by atoms with Gasteiger partial charge in [-0.05, 0) is 62.5 Å². The Morgan fingerprint density at radius 3 is 2.44 bits per heavy atom. The molecule has 0 bridgehead atoms. The normalized spacial score (nSPS) is 11.7. The van der Waals surface area contributed by atoms with Crippen LogP contribution in [0, 0.1) is 6.92 Å². The number of nitrogens with one attached hydrogen (secondary N) is 2. The van der Waals surface area contributed by atoms with E-state index in [1.807, 2.05) is 56.3 Å². The molecular weight excluding hydrogens is 404 g/mol. The number of para-hydroxylation sites is 1. The molecule has 1 aromatic heterocycles. The Balaban J connectivity index is 1.78. The van der Waals surface area contributed by atoms with Gasteiger partial charge in [0.25, 0.3) is 11.8 Å². The lowest BCUT2D eigenvalue weighted by atomic mass is 10.0. The number of hydrogen-bond donors (Lipinski definition) is 2. The van der Waals surface area contributed by atoms with Crippen molar-refractivity contribution in [2.45, 2.75) is 13.0 Å². The molecule has 1 unspecified atom stereocenters. The second-order valence-corrected chi connectivity index (χ2v) is 7.65. The van der Waals surface area contributed by atoms with Crippen LogP contribution in [-0.2, 0) is 0 Å². The highest BCUT2D eigenvalue weighted by Crippen LogP contribution is 2.24. The predicted molar refractivity (Wildman–Crippen MR) is 125 cm³/mol. The molecule has 2 amide bonds. The van der Waals surface area contributed by atoms with E-state index in [0.29, 0.717) is 23.4 Å². The Kier molecular flexibility index (Phi) is 7.57. The molecule has 0 radical (unpaired) electrons. The zero-order valence-corrected chi connectivity index (χ0v) is 18.8. The summed E-state index contributed by atoms with van der Waals surface area (Å²) in [5.41, 5.74) is 3.22. The van der Waals surface area contributed by atoms with Crippen molar-refractivity contribution in [2.75, 3.05) is 33.1 Å². The average Bonchev–Trinajstić information content (AvgIpc) is 2.80. The van der Waals surface area contributed by atoms with Crippen LogP contribution in [0.3, 0.4) is 0 Å². The molecule has 1 atom stereocenters. The Hall–Kier alpha value is -3.71. The summed E-state index contributed by atoms with van der Waals surface area (Å²) in [5.74, 6) is 0.215. The van der Waals surface area contributed by atoms with Gasteiger partial charge < -0.3 is 20.3 Å². The Morgan fingerprint density at radius 1 is 1.03 bits per heavy atom. The van der Waals surface area contributed by atoms with Crippen LogP contribution in [0.1, 0.15) is 37.9 Å². The quantitative estimate of drug-likeness (QED) is 0.567. The van der Waals surface area contributed by atoms with E-state index in [2.05, 4.69) is 15.6 Å². The fourth-order valence-electron chi connectivity index (χ4n) is 3.44. The Morgan fingerprint density at radius 2 is 1.75 bits per heavy atom. The number of ether oxygens (including phenoxy) is 1. The number of aryl methyl sites for hydroxylation is 1. The SMILES string of the molecule is COc1cccc(C(CNC(=O)c2cccc(C)c2NC(=O)c2ccncc2)N(C)C)c1. The molecule has 0 saturated carbocycles. The number of rotatable bonds is 8. The van der Waals surface area contributed by atoms with Gasteiger partial charge in [0.05, 0.1) is 24.4 Å². The Labute approximate surface area is 188 Å². The van der Waals surface area contributed by atoms with Crippen molar-refractivity contribution < 1.29 is 14.3 Å². The molecule has 32 heavy (non-hydrogen) atoms. The molecule has 2 N–H and O–H groups in total. The summed E-state index contributed by atoms with van der Waals surface area (Å²) in [7, 11) is 5.55. The van der Waals surface area contributed by atoms with Gasteiger partial charge in [-0.15, -0.1) is 0 Å². The van der Waals surface area contributed by atoms with Gasteiger partial charge in [0, 0.05) is 24.5 Å².